The normalized spacial score (nSPS) is 26.8. The zero-order valence-corrected chi connectivity index (χ0v) is 11.5. The maximum atomic E-state index is 11.6. The summed E-state index contributed by atoms with van der Waals surface area (Å²) in [6.45, 7) is -0.0887. The van der Waals surface area contributed by atoms with E-state index in [0.717, 1.165) is 10.8 Å². The largest absolute Gasteiger partial charge is 0.390 e. The maximum Gasteiger partial charge on any atom is 0.330 e. The molecule has 0 bridgehead atoms. The van der Waals surface area contributed by atoms with Crippen molar-refractivity contribution in [1.29, 1.82) is 0 Å². The number of aromatic nitrogens is 2. The number of rotatable bonds is 4. The molecule has 1 aromatic heterocycles. The van der Waals surface area contributed by atoms with Crippen molar-refractivity contribution in [2.45, 2.75) is 24.9 Å². The molecule has 1 aliphatic rings. The number of hydrogen-bond donors (Lipinski definition) is 3. The summed E-state index contributed by atoms with van der Waals surface area (Å²) in [5.74, 6) is 0. The van der Waals surface area contributed by atoms with Gasteiger partial charge in [-0.05, 0) is 0 Å². The summed E-state index contributed by atoms with van der Waals surface area (Å²) in [5, 5.41) is 9.82. The Labute approximate surface area is 114 Å². The Bertz CT molecular complexity index is 693. The van der Waals surface area contributed by atoms with Gasteiger partial charge in [-0.2, -0.15) is 0 Å². The highest BCUT2D eigenvalue weighted by Crippen LogP contribution is 2.27. The summed E-state index contributed by atoms with van der Waals surface area (Å²) in [4.78, 5) is 24.6. The number of sulfonamides is 1. The molecule has 1 aliphatic heterocycles. The minimum Gasteiger partial charge on any atom is -0.390 e. The second-order valence-corrected chi connectivity index (χ2v) is 6.40. The first-order chi connectivity index (χ1) is 9.26. The van der Waals surface area contributed by atoms with Crippen LogP contribution in [0.2, 0.25) is 0 Å². The summed E-state index contributed by atoms with van der Waals surface area (Å²) < 4.78 is 30.8. The Hall–Kier alpha value is -1.49. The Morgan fingerprint density at radius 3 is 2.85 bits per heavy atom. The van der Waals surface area contributed by atoms with Crippen LogP contribution in [0.3, 0.4) is 0 Å². The predicted octanol–water partition coefficient (Wildman–Crippen LogP) is -2.27. The number of nitrogens with one attached hydrogen (secondary N) is 2. The Morgan fingerprint density at radius 2 is 2.25 bits per heavy atom. The monoisotopic (exact) mass is 305 g/mol. The number of ether oxygens (including phenoxy) is 1. The van der Waals surface area contributed by atoms with E-state index >= 15 is 0 Å². The van der Waals surface area contributed by atoms with Crippen molar-refractivity contribution in [2.24, 2.45) is 0 Å². The molecule has 10 heteroatoms. The second kappa shape index (κ2) is 5.48. The van der Waals surface area contributed by atoms with Gasteiger partial charge in [-0.1, -0.05) is 0 Å². The number of H-pyrrole nitrogens is 1. The lowest BCUT2D eigenvalue weighted by atomic mass is 10.2. The van der Waals surface area contributed by atoms with Crippen molar-refractivity contribution in [1.82, 2.24) is 14.3 Å². The first-order valence-electron chi connectivity index (χ1n) is 5.86. The highest BCUT2D eigenvalue weighted by Gasteiger charge is 2.35. The molecular formula is C10H15N3O6S. The zero-order valence-electron chi connectivity index (χ0n) is 10.6. The molecule has 112 valence electrons. The lowest BCUT2D eigenvalue weighted by Crippen LogP contribution is -2.36. The summed E-state index contributed by atoms with van der Waals surface area (Å²) >= 11 is 0. The molecule has 0 aromatic carbocycles. The molecule has 0 amide bonds. The third kappa shape index (κ3) is 3.54. The number of aromatic amines is 1. The second-order valence-electron chi connectivity index (χ2n) is 4.57. The molecule has 0 saturated carbocycles. The quantitative estimate of drug-likeness (QED) is 0.575. The topological polar surface area (TPSA) is 130 Å². The van der Waals surface area contributed by atoms with Gasteiger partial charge in [-0.25, -0.2) is 17.9 Å². The molecule has 0 unspecified atom stereocenters. The molecule has 2 rings (SSSR count). The SMILES string of the molecule is CS(=O)(=O)NC[C@H]1O[C@@H](n2ccc(=O)[nH]c2=O)C[C@@H]1O. The zero-order chi connectivity index (χ0) is 14.9. The summed E-state index contributed by atoms with van der Waals surface area (Å²) in [7, 11) is -3.39. The van der Waals surface area contributed by atoms with Gasteiger partial charge in [0, 0.05) is 25.2 Å². The van der Waals surface area contributed by atoms with Crippen LogP contribution in [0.25, 0.3) is 0 Å². The third-order valence-electron chi connectivity index (χ3n) is 2.91. The van der Waals surface area contributed by atoms with Crippen LogP contribution in [0, 0.1) is 0 Å². The van der Waals surface area contributed by atoms with Crippen LogP contribution in [0.4, 0.5) is 0 Å². The van der Waals surface area contributed by atoms with Crippen molar-refractivity contribution < 1.29 is 18.3 Å². The minimum absolute atomic E-state index is 0.0887. The minimum atomic E-state index is -3.39. The lowest BCUT2D eigenvalue weighted by Gasteiger charge is -2.15. The number of aliphatic hydroxyl groups is 1. The molecule has 1 saturated heterocycles. The van der Waals surface area contributed by atoms with E-state index in [1.807, 2.05) is 0 Å². The third-order valence-corrected chi connectivity index (χ3v) is 3.60. The molecule has 3 atom stereocenters. The average Bonchev–Trinajstić information content (AvgIpc) is 2.67. The van der Waals surface area contributed by atoms with Gasteiger partial charge in [0.1, 0.15) is 6.23 Å². The first-order valence-corrected chi connectivity index (χ1v) is 7.75. The smallest absolute Gasteiger partial charge is 0.330 e. The number of aliphatic hydroxyl groups excluding tert-OH is 1. The fraction of sp³-hybridized carbons (Fsp3) is 0.600. The van der Waals surface area contributed by atoms with E-state index < -0.39 is 39.7 Å². The molecule has 0 spiro atoms. The van der Waals surface area contributed by atoms with E-state index in [4.69, 9.17) is 4.74 Å². The highest BCUT2D eigenvalue weighted by atomic mass is 32.2. The predicted molar refractivity (Wildman–Crippen MR) is 68.7 cm³/mol. The van der Waals surface area contributed by atoms with Crippen LogP contribution in [-0.2, 0) is 14.8 Å². The highest BCUT2D eigenvalue weighted by molar-refractivity contribution is 7.88. The first kappa shape index (κ1) is 14.9. The van der Waals surface area contributed by atoms with Crippen molar-refractivity contribution in [3.8, 4) is 0 Å². The van der Waals surface area contributed by atoms with Crippen LogP contribution in [0.1, 0.15) is 12.6 Å². The van der Waals surface area contributed by atoms with E-state index in [1.54, 1.807) is 0 Å². The molecular weight excluding hydrogens is 290 g/mol. The van der Waals surface area contributed by atoms with Crippen LogP contribution in [0.5, 0.6) is 0 Å². The van der Waals surface area contributed by atoms with Crippen molar-refractivity contribution in [3.63, 3.8) is 0 Å². The number of hydrogen-bond acceptors (Lipinski definition) is 6. The van der Waals surface area contributed by atoms with Gasteiger partial charge in [0.25, 0.3) is 5.56 Å². The van der Waals surface area contributed by atoms with Crippen molar-refractivity contribution in [3.05, 3.63) is 33.1 Å². The molecule has 0 radical (unpaired) electrons. The van der Waals surface area contributed by atoms with E-state index in [9.17, 15) is 23.1 Å². The van der Waals surface area contributed by atoms with Crippen LogP contribution < -0.4 is 16.0 Å². The Kier molecular flexibility index (Phi) is 4.09. The molecule has 1 fully saturated rings. The van der Waals surface area contributed by atoms with Gasteiger partial charge < -0.3 is 9.84 Å². The standard InChI is InChI=1S/C10H15N3O6S/c1-20(17,18)11-5-7-6(14)4-9(19-7)13-3-2-8(15)12-10(13)16/h2-3,6-7,9,11,14H,4-5H2,1H3,(H,12,15,16)/t6-,7+,9+/m0/s1. The van der Waals surface area contributed by atoms with Crippen LogP contribution in [0.15, 0.2) is 21.9 Å². The molecule has 2 heterocycles. The van der Waals surface area contributed by atoms with Crippen molar-refractivity contribution in [2.75, 3.05) is 12.8 Å². The van der Waals surface area contributed by atoms with E-state index in [-0.39, 0.29) is 13.0 Å². The molecule has 9 nitrogen and oxygen atoms in total. The fourth-order valence-electron chi connectivity index (χ4n) is 1.96. The molecule has 0 aliphatic carbocycles. The number of nitrogens with zero attached hydrogens (tertiary/aromatic N) is 1. The summed E-state index contributed by atoms with van der Waals surface area (Å²) in [6, 6.07) is 1.17. The van der Waals surface area contributed by atoms with Gasteiger partial charge in [0.2, 0.25) is 10.0 Å². The maximum absolute atomic E-state index is 11.6. The van der Waals surface area contributed by atoms with E-state index in [2.05, 4.69) is 9.71 Å². The summed E-state index contributed by atoms with van der Waals surface area (Å²) in [5.41, 5.74) is -1.17. The van der Waals surface area contributed by atoms with Gasteiger partial charge in [-0.3, -0.25) is 14.3 Å². The van der Waals surface area contributed by atoms with Crippen molar-refractivity contribution >= 4 is 10.0 Å². The van der Waals surface area contributed by atoms with Gasteiger partial charge >= 0.3 is 5.69 Å². The molecule has 3 N–H and O–H groups in total. The van der Waals surface area contributed by atoms with E-state index in [0.29, 0.717) is 0 Å². The molecule has 1 aromatic rings. The summed E-state index contributed by atoms with van der Waals surface area (Å²) in [6.07, 6.45) is -0.0204. The Balaban J connectivity index is 2.10. The lowest BCUT2D eigenvalue weighted by molar-refractivity contribution is -0.0168. The Morgan fingerprint density at radius 1 is 1.55 bits per heavy atom. The van der Waals surface area contributed by atoms with E-state index in [1.165, 1.54) is 12.3 Å². The van der Waals surface area contributed by atoms with Crippen LogP contribution in [-0.4, -0.2) is 48.1 Å². The van der Waals surface area contributed by atoms with Gasteiger partial charge in [0.15, 0.2) is 0 Å². The van der Waals surface area contributed by atoms with Crippen LogP contribution >= 0.6 is 0 Å². The van der Waals surface area contributed by atoms with Gasteiger partial charge in [0.05, 0.1) is 18.5 Å². The fourth-order valence-corrected chi connectivity index (χ4v) is 2.42. The average molecular weight is 305 g/mol. The van der Waals surface area contributed by atoms with Gasteiger partial charge in [-0.15, -0.1) is 0 Å². The molecule has 20 heavy (non-hydrogen) atoms.